The quantitative estimate of drug-likeness (QED) is 0.571. The summed E-state index contributed by atoms with van der Waals surface area (Å²) in [7, 11) is 1.57. The minimum atomic E-state index is -0.773. The zero-order valence-corrected chi connectivity index (χ0v) is 16.4. The summed E-state index contributed by atoms with van der Waals surface area (Å²) in [6.07, 6.45) is 3.58. The van der Waals surface area contributed by atoms with Crippen molar-refractivity contribution >= 4 is 17.6 Å². The van der Waals surface area contributed by atoms with Crippen LogP contribution >= 0.6 is 0 Å². The normalized spacial score (nSPS) is 11.8. The van der Waals surface area contributed by atoms with Crippen LogP contribution in [0.3, 0.4) is 0 Å². The number of furan rings is 1. The fraction of sp³-hybridized carbons (Fsp3) is 0.286. The number of amides is 2. The van der Waals surface area contributed by atoms with Gasteiger partial charge in [-0.2, -0.15) is 5.10 Å². The lowest BCUT2D eigenvalue weighted by molar-refractivity contribution is -0.136. The van der Waals surface area contributed by atoms with Crippen molar-refractivity contribution in [1.82, 2.24) is 15.1 Å². The van der Waals surface area contributed by atoms with Crippen molar-refractivity contribution in [3.63, 3.8) is 0 Å². The second-order valence-corrected chi connectivity index (χ2v) is 6.64. The summed E-state index contributed by atoms with van der Waals surface area (Å²) < 4.78 is 12.1. The number of rotatable bonds is 8. The summed E-state index contributed by atoms with van der Waals surface area (Å²) in [5, 5.41) is 9.54. The number of benzene rings is 1. The van der Waals surface area contributed by atoms with E-state index in [1.54, 1.807) is 36.2 Å². The van der Waals surface area contributed by atoms with Crippen molar-refractivity contribution in [3.8, 4) is 0 Å². The molecule has 0 radical (unpaired) electrons. The van der Waals surface area contributed by atoms with Crippen LogP contribution in [0.15, 0.2) is 59.3 Å². The molecule has 1 aromatic carbocycles. The molecule has 8 nitrogen and oxygen atoms in total. The van der Waals surface area contributed by atoms with Crippen LogP contribution in [0, 0.1) is 6.92 Å². The van der Waals surface area contributed by atoms with Crippen LogP contribution < -0.4 is 10.6 Å². The van der Waals surface area contributed by atoms with E-state index in [0.29, 0.717) is 31.2 Å². The van der Waals surface area contributed by atoms with E-state index >= 15 is 0 Å². The van der Waals surface area contributed by atoms with E-state index in [-0.39, 0.29) is 0 Å². The van der Waals surface area contributed by atoms with Crippen molar-refractivity contribution < 1.29 is 18.7 Å². The van der Waals surface area contributed by atoms with Crippen molar-refractivity contribution in [2.75, 3.05) is 19.0 Å². The summed E-state index contributed by atoms with van der Waals surface area (Å²) in [5.74, 6) is -0.526. The summed E-state index contributed by atoms with van der Waals surface area (Å²) in [4.78, 5) is 24.8. The first kappa shape index (κ1) is 20.3. The zero-order valence-electron chi connectivity index (χ0n) is 16.4. The number of methoxy groups -OCH3 is 1. The van der Waals surface area contributed by atoms with E-state index in [0.717, 1.165) is 11.1 Å². The fourth-order valence-corrected chi connectivity index (χ4v) is 2.96. The lowest BCUT2D eigenvalue weighted by Gasteiger charge is -2.16. The molecule has 2 N–H and O–H groups in total. The van der Waals surface area contributed by atoms with Crippen molar-refractivity contribution in [3.05, 3.63) is 71.8 Å². The molecule has 0 bridgehead atoms. The maximum Gasteiger partial charge on any atom is 0.314 e. The molecule has 1 atom stereocenters. The van der Waals surface area contributed by atoms with Crippen LogP contribution in [-0.2, 0) is 20.9 Å². The SMILES string of the molecule is COCCC(NC(=O)C(=O)Nc1ccnn1Cc1cccc(C)c1)c1ccco1. The van der Waals surface area contributed by atoms with Gasteiger partial charge in [-0.15, -0.1) is 0 Å². The number of carbonyl (C=O) groups excluding carboxylic acids is 2. The van der Waals surface area contributed by atoms with Crippen molar-refractivity contribution in [2.45, 2.75) is 25.9 Å². The number of carbonyl (C=O) groups is 2. The third-order valence-electron chi connectivity index (χ3n) is 4.38. The molecule has 3 rings (SSSR count). The van der Waals surface area contributed by atoms with Crippen molar-refractivity contribution in [2.24, 2.45) is 0 Å². The molecule has 1 unspecified atom stereocenters. The molecule has 2 heterocycles. The highest BCUT2D eigenvalue weighted by Crippen LogP contribution is 2.17. The van der Waals surface area contributed by atoms with Crippen LogP contribution in [-0.4, -0.2) is 35.3 Å². The molecular formula is C21H24N4O4. The van der Waals surface area contributed by atoms with Crippen LogP contribution in [0.5, 0.6) is 0 Å². The second-order valence-electron chi connectivity index (χ2n) is 6.64. The van der Waals surface area contributed by atoms with Gasteiger partial charge in [-0.05, 0) is 31.0 Å². The highest BCUT2D eigenvalue weighted by atomic mass is 16.5. The average Bonchev–Trinajstić information content (AvgIpc) is 3.37. The van der Waals surface area contributed by atoms with Crippen LogP contribution in [0.1, 0.15) is 29.3 Å². The van der Waals surface area contributed by atoms with E-state index in [9.17, 15) is 9.59 Å². The Morgan fingerprint density at radius 2 is 2.07 bits per heavy atom. The van der Waals surface area contributed by atoms with E-state index in [2.05, 4.69) is 15.7 Å². The maximum absolute atomic E-state index is 12.4. The number of hydrogen-bond acceptors (Lipinski definition) is 5. The number of ether oxygens (including phenoxy) is 1. The minimum Gasteiger partial charge on any atom is -0.467 e. The van der Waals surface area contributed by atoms with Gasteiger partial charge in [0, 0.05) is 19.8 Å². The summed E-state index contributed by atoms with van der Waals surface area (Å²) in [6, 6.07) is 12.7. The van der Waals surface area contributed by atoms with Gasteiger partial charge in [0.05, 0.1) is 25.0 Å². The largest absolute Gasteiger partial charge is 0.467 e. The standard InChI is InChI=1S/C21H24N4O4/c1-15-5-3-6-16(13-15)14-25-19(8-10-22-25)24-21(27)20(26)23-17(9-12-28-2)18-7-4-11-29-18/h3-8,10-11,13,17H,9,12,14H2,1-2H3,(H,23,26)(H,24,27). The molecule has 0 fully saturated rings. The Morgan fingerprint density at radius 1 is 1.21 bits per heavy atom. The van der Waals surface area contributed by atoms with Gasteiger partial charge in [-0.1, -0.05) is 29.8 Å². The lowest BCUT2D eigenvalue weighted by Crippen LogP contribution is -2.38. The number of anilines is 1. The molecule has 0 spiro atoms. The second kappa shape index (κ2) is 9.70. The third kappa shape index (κ3) is 5.55. The molecule has 152 valence electrons. The Balaban J connectivity index is 1.64. The first-order chi connectivity index (χ1) is 14.1. The van der Waals surface area contributed by atoms with Gasteiger partial charge >= 0.3 is 11.8 Å². The van der Waals surface area contributed by atoms with Gasteiger partial charge in [0.2, 0.25) is 0 Å². The van der Waals surface area contributed by atoms with Gasteiger partial charge in [0.15, 0.2) is 0 Å². The Labute approximate surface area is 168 Å². The van der Waals surface area contributed by atoms with Crippen LogP contribution in [0.25, 0.3) is 0 Å². The van der Waals surface area contributed by atoms with Gasteiger partial charge in [0.1, 0.15) is 11.6 Å². The van der Waals surface area contributed by atoms with Gasteiger partial charge < -0.3 is 19.8 Å². The molecule has 29 heavy (non-hydrogen) atoms. The molecule has 2 amide bonds. The summed E-state index contributed by atoms with van der Waals surface area (Å²) in [6.45, 7) is 2.91. The fourth-order valence-electron chi connectivity index (χ4n) is 2.96. The monoisotopic (exact) mass is 396 g/mol. The molecule has 8 heteroatoms. The first-order valence-electron chi connectivity index (χ1n) is 9.28. The van der Waals surface area contributed by atoms with Crippen LogP contribution in [0.4, 0.5) is 5.82 Å². The molecule has 0 aliphatic carbocycles. The van der Waals surface area contributed by atoms with Crippen LogP contribution in [0.2, 0.25) is 0 Å². The van der Waals surface area contributed by atoms with E-state index < -0.39 is 17.9 Å². The molecule has 0 saturated heterocycles. The Bertz CT molecular complexity index is 949. The number of nitrogens with one attached hydrogen (secondary N) is 2. The zero-order chi connectivity index (χ0) is 20.6. The van der Waals surface area contributed by atoms with Gasteiger partial charge in [-0.25, -0.2) is 4.68 Å². The predicted molar refractivity (Wildman–Crippen MR) is 107 cm³/mol. The molecular weight excluding hydrogens is 372 g/mol. The third-order valence-corrected chi connectivity index (χ3v) is 4.38. The summed E-state index contributed by atoms with van der Waals surface area (Å²) in [5.41, 5.74) is 2.19. The Morgan fingerprint density at radius 3 is 2.79 bits per heavy atom. The van der Waals surface area contributed by atoms with Gasteiger partial charge in [0.25, 0.3) is 0 Å². The maximum atomic E-state index is 12.4. The molecule has 3 aromatic rings. The minimum absolute atomic E-state index is 0.413. The number of hydrogen-bond donors (Lipinski definition) is 2. The lowest BCUT2D eigenvalue weighted by atomic mass is 10.1. The van der Waals surface area contributed by atoms with Gasteiger partial charge in [-0.3, -0.25) is 9.59 Å². The highest BCUT2D eigenvalue weighted by Gasteiger charge is 2.22. The first-order valence-corrected chi connectivity index (χ1v) is 9.28. The molecule has 2 aromatic heterocycles. The Kier molecular flexibility index (Phi) is 6.80. The van der Waals surface area contributed by atoms with E-state index in [1.165, 1.54) is 6.26 Å². The molecule has 0 aliphatic rings. The topological polar surface area (TPSA) is 98.4 Å². The molecule has 0 aliphatic heterocycles. The van der Waals surface area contributed by atoms with Crippen molar-refractivity contribution in [1.29, 1.82) is 0 Å². The number of nitrogens with zero attached hydrogens (tertiary/aromatic N) is 2. The number of aryl methyl sites for hydroxylation is 1. The molecule has 0 saturated carbocycles. The van der Waals surface area contributed by atoms with E-state index in [4.69, 9.17) is 9.15 Å². The smallest absolute Gasteiger partial charge is 0.314 e. The number of aromatic nitrogens is 2. The Hall–Kier alpha value is -3.39. The van der Waals surface area contributed by atoms with E-state index in [1.807, 2.05) is 31.2 Å². The predicted octanol–water partition coefficient (Wildman–Crippen LogP) is 2.67. The summed E-state index contributed by atoms with van der Waals surface area (Å²) >= 11 is 0. The average molecular weight is 396 g/mol. The highest BCUT2D eigenvalue weighted by molar-refractivity contribution is 6.39.